The van der Waals surface area contributed by atoms with Crippen LogP contribution < -0.4 is 9.47 Å². The van der Waals surface area contributed by atoms with Gasteiger partial charge in [-0.1, -0.05) is 34.6 Å². The third-order valence-electron chi connectivity index (χ3n) is 6.72. The third-order valence-corrected chi connectivity index (χ3v) is 11.2. The van der Waals surface area contributed by atoms with Gasteiger partial charge in [0.25, 0.3) is 0 Å². The Bertz CT molecular complexity index is 783. The van der Waals surface area contributed by atoms with Gasteiger partial charge in [0.1, 0.15) is 0 Å². The van der Waals surface area contributed by atoms with E-state index < -0.39 is 14.4 Å². The molecule has 1 aliphatic rings. The van der Waals surface area contributed by atoms with Crippen LogP contribution in [0.3, 0.4) is 0 Å². The van der Waals surface area contributed by atoms with Crippen LogP contribution in [0.25, 0.3) is 0 Å². The van der Waals surface area contributed by atoms with Gasteiger partial charge in [-0.3, -0.25) is 4.90 Å². The monoisotopic (exact) mass is 434 g/mol. The van der Waals surface area contributed by atoms with Crippen molar-refractivity contribution in [2.75, 3.05) is 27.4 Å². The maximum Gasteiger partial charge on any atom is 0.192 e. The highest BCUT2D eigenvalue weighted by molar-refractivity contribution is 6.74. The van der Waals surface area contributed by atoms with Crippen LogP contribution in [0, 0.1) is 17.2 Å². The van der Waals surface area contributed by atoms with E-state index in [1.807, 2.05) is 12.1 Å². The molecule has 0 saturated heterocycles. The molecule has 2 rings (SSSR count). The summed E-state index contributed by atoms with van der Waals surface area (Å²) < 4.78 is 17.6. The molecule has 1 aromatic rings. The highest BCUT2D eigenvalue weighted by atomic mass is 28.4. The predicted octanol–water partition coefficient (Wildman–Crippen LogP) is 4.66. The van der Waals surface area contributed by atoms with Crippen molar-refractivity contribution >= 4 is 8.32 Å². The zero-order valence-corrected chi connectivity index (χ0v) is 20.9. The second-order valence-electron chi connectivity index (χ2n) is 9.93. The summed E-state index contributed by atoms with van der Waals surface area (Å²) in [6.45, 7) is 16.0. The molecule has 1 heterocycles. The Labute approximate surface area is 182 Å². The van der Waals surface area contributed by atoms with E-state index >= 15 is 0 Å². The fourth-order valence-electron chi connectivity index (χ4n) is 3.94. The number of hydrogen-bond acceptors (Lipinski definition) is 6. The molecule has 1 aromatic carbocycles. The van der Waals surface area contributed by atoms with Gasteiger partial charge in [0.05, 0.1) is 45.6 Å². The summed E-state index contributed by atoms with van der Waals surface area (Å²) in [6.07, 6.45) is -0.725. The lowest BCUT2D eigenvalue weighted by Gasteiger charge is -2.48. The van der Waals surface area contributed by atoms with Gasteiger partial charge in [0.15, 0.2) is 19.8 Å². The van der Waals surface area contributed by atoms with Crippen molar-refractivity contribution in [3.05, 3.63) is 23.3 Å². The Morgan fingerprint density at radius 3 is 2.10 bits per heavy atom. The summed E-state index contributed by atoms with van der Waals surface area (Å²) in [5.74, 6) is 1.36. The van der Waals surface area contributed by atoms with Crippen LogP contribution in [0.15, 0.2) is 12.1 Å². The molecule has 3 atom stereocenters. The molecule has 0 aliphatic carbocycles. The normalized spacial score (nSPS) is 22.5. The van der Waals surface area contributed by atoms with Gasteiger partial charge in [-0.05, 0) is 47.3 Å². The maximum absolute atomic E-state index is 11.3. The van der Waals surface area contributed by atoms with Crippen molar-refractivity contribution < 1.29 is 19.0 Å². The van der Waals surface area contributed by atoms with Gasteiger partial charge >= 0.3 is 0 Å². The third kappa shape index (κ3) is 4.67. The average molecular weight is 435 g/mol. The molecule has 0 amide bonds. The number of aliphatic hydroxyl groups excluding tert-OH is 1. The number of ether oxygens (including phenoxy) is 2. The van der Waals surface area contributed by atoms with Crippen LogP contribution in [0.1, 0.15) is 57.9 Å². The first kappa shape index (κ1) is 24.7. The zero-order valence-electron chi connectivity index (χ0n) is 19.9. The first-order valence-electron chi connectivity index (χ1n) is 10.6. The van der Waals surface area contributed by atoms with E-state index in [1.54, 1.807) is 14.2 Å². The molecular weight excluding hydrogens is 396 g/mol. The van der Waals surface area contributed by atoms with Gasteiger partial charge in [-0.2, -0.15) is 5.26 Å². The minimum Gasteiger partial charge on any atom is -0.493 e. The van der Waals surface area contributed by atoms with Crippen molar-refractivity contribution in [1.29, 1.82) is 5.26 Å². The summed E-state index contributed by atoms with van der Waals surface area (Å²) in [7, 11) is 1.21. The number of nitrogens with zero attached hydrogens (tertiary/aromatic N) is 2. The topological polar surface area (TPSA) is 75.0 Å². The highest BCUT2D eigenvalue weighted by Gasteiger charge is 2.44. The Morgan fingerprint density at radius 1 is 1.13 bits per heavy atom. The molecule has 0 fully saturated rings. The van der Waals surface area contributed by atoms with E-state index in [1.165, 1.54) is 0 Å². The number of methoxy groups -OCH3 is 2. The van der Waals surface area contributed by atoms with Gasteiger partial charge in [-0.25, -0.2) is 0 Å². The first-order chi connectivity index (χ1) is 13.9. The summed E-state index contributed by atoms with van der Waals surface area (Å²) in [5.41, 5.74) is 1.76. The summed E-state index contributed by atoms with van der Waals surface area (Å²) >= 11 is 0. The predicted molar refractivity (Wildman–Crippen MR) is 121 cm³/mol. The van der Waals surface area contributed by atoms with E-state index in [9.17, 15) is 10.4 Å². The van der Waals surface area contributed by atoms with Crippen molar-refractivity contribution in [3.63, 3.8) is 0 Å². The lowest BCUT2D eigenvalue weighted by atomic mass is 9.81. The SMILES string of the molecule is COc1cc2c(cc1OC)[C@H](CO[Si](C)(C)C(C)(C)C)N(CC#N)[C@@H](C(C)C)[C@H]2O. The van der Waals surface area contributed by atoms with Crippen LogP contribution >= 0.6 is 0 Å². The molecular formula is C23H38N2O4Si. The lowest BCUT2D eigenvalue weighted by Crippen LogP contribution is -2.52. The molecule has 6 nitrogen and oxygen atoms in total. The number of fused-ring (bicyclic) bond motifs is 1. The molecule has 1 N–H and O–H groups in total. The Hall–Kier alpha value is -1.59. The van der Waals surface area contributed by atoms with Gasteiger partial charge in [-0.15, -0.1) is 0 Å². The van der Waals surface area contributed by atoms with Crippen molar-refractivity contribution in [2.45, 2.75) is 70.9 Å². The van der Waals surface area contributed by atoms with E-state index in [0.29, 0.717) is 18.1 Å². The van der Waals surface area contributed by atoms with Crippen LogP contribution in [0.4, 0.5) is 0 Å². The largest absolute Gasteiger partial charge is 0.493 e. The smallest absolute Gasteiger partial charge is 0.192 e. The molecule has 1 aliphatic heterocycles. The first-order valence-corrected chi connectivity index (χ1v) is 13.5. The average Bonchev–Trinajstić information content (AvgIpc) is 2.65. The van der Waals surface area contributed by atoms with Crippen LogP contribution in [-0.4, -0.2) is 51.7 Å². The molecule has 168 valence electrons. The van der Waals surface area contributed by atoms with Crippen LogP contribution in [0.2, 0.25) is 18.1 Å². The molecule has 0 bridgehead atoms. The molecule has 0 radical (unpaired) electrons. The van der Waals surface area contributed by atoms with Gasteiger partial charge in [0.2, 0.25) is 0 Å². The minimum atomic E-state index is -2.00. The molecule has 0 aromatic heterocycles. The lowest BCUT2D eigenvalue weighted by molar-refractivity contribution is -0.0242. The number of nitriles is 1. The molecule has 0 spiro atoms. The fourth-order valence-corrected chi connectivity index (χ4v) is 4.95. The summed E-state index contributed by atoms with van der Waals surface area (Å²) in [5, 5.41) is 20.9. The number of rotatable bonds is 7. The molecule has 0 saturated carbocycles. The van der Waals surface area contributed by atoms with Gasteiger partial charge in [0, 0.05) is 6.04 Å². The number of benzene rings is 1. The Morgan fingerprint density at radius 2 is 1.67 bits per heavy atom. The van der Waals surface area contributed by atoms with E-state index in [-0.39, 0.29) is 29.6 Å². The van der Waals surface area contributed by atoms with Crippen molar-refractivity contribution in [1.82, 2.24) is 4.90 Å². The maximum atomic E-state index is 11.3. The fraction of sp³-hybridized carbons (Fsp3) is 0.696. The second kappa shape index (κ2) is 9.27. The highest BCUT2D eigenvalue weighted by Crippen LogP contribution is 2.46. The van der Waals surface area contributed by atoms with Crippen molar-refractivity contribution in [3.8, 4) is 17.6 Å². The molecule has 7 heteroatoms. The Kier molecular flexibility index (Phi) is 7.62. The van der Waals surface area contributed by atoms with E-state index in [4.69, 9.17) is 13.9 Å². The number of aliphatic hydroxyl groups is 1. The Balaban J connectivity index is 2.60. The quantitative estimate of drug-likeness (QED) is 0.497. The number of hydrogen-bond donors (Lipinski definition) is 1. The van der Waals surface area contributed by atoms with Gasteiger partial charge < -0.3 is 19.0 Å². The van der Waals surface area contributed by atoms with Crippen LogP contribution in [0.5, 0.6) is 11.5 Å². The molecule has 0 unspecified atom stereocenters. The molecule has 30 heavy (non-hydrogen) atoms. The van der Waals surface area contributed by atoms with E-state index in [0.717, 1.165) is 11.1 Å². The zero-order chi connectivity index (χ0) is 22.9. The van der Waals surface area contributed by atoms with Crippen molar-refractivity contribution in [2.24, 2.45) is 5.92 Å². The van der Waals surface area contributed by atoms with E-state index in [2.05, 4.69) is 58.7 Å². The van der Waals surface area contributed by atoms with Crippen LogP contribution in [-0.2, 0) is 4.43 Å². The summed E-state index contributed by atoms with van der Waals surface area (Å²) in [4.78, 5) is 2.09. The minimum absolute atomic E-state index is 0.0825. The summed E-state index contributed by atoms with van der Waals surface area (Å²) in [6, 6.07) is 5.76. The second-order valence-corrected chi connectivity index (χ2v) is 14.7. The standard InChI is InChI=1S/C23H38N2O4Si/c1-15(2)21-22(26)17-13-20(28-7)19(27-6)12-16(17)18(25(21)11-10-24)14-29-30(8,9)23(3,4)5/h12-13,15,18,21-22,26H,11,14H2,1-9H3/t18-,21-,22-/m0/s1.